The third kappa shape index (κ3) is 6.82. The van der Waals surface area contributed by atoms with E-state index in [0.29, 0.717) is 22.4 Å². The van der Waals surface area contributed by atoms with Crippen molar-refractivity contribution < 1.29 is 22.7 Å². The summed E-state index contributed by atoms with van der Waals surface area (Å²) in [5.74, 6) is -0.588. The van der Waals surface area contributed by atoms with Crippen LogP contribution in [0.1, 0.15) is 48.4 Å². The van der Waals surface area contributed by atoms with Gasteiger partial charge in [0.2, 0.25) is 0 Å². The summed E-state index contributed by atoms with van der Waals surface area (Å²) in [5, 5.41) is 6.92. The highest BCUT2D eigenvalue weighted by molar-refractivity contribution is 9.10. The van der Waals surface area contributed by atoms with Gasteiger partial charge in [0, 0.05) is 6.54 Å². The van der Waals surface area contributed by atoms with E-state index in [1.54, 1.807) is 13.0 Å². The lowest BCUT2D eigenvalue weighted by Gasteiger charge is -2.10. The highest BCUT2D eigenvalue weighted by Gasteiger charge is 2.23. The van der Waals surface area contributed by atoms with Crippen LogP contribution < -0.4 is 10.0 Å². The Labute approximate surface area is 218 Å². The smallest absolute Gasteiger partial charge is 0.360 e. The third-order valence-corrected chi connectivity index (χ3v) is 7.13. The number of hydrogen-bond acceptors (Lipinski definition) is 6. The zero-order chi connectivity index (χ0) is 26.1. The molecule has 9 nitrogen and oxygen atoms in total. The Kier molecular flexibility index (Phi) is 9.43. The largest absolute Gasteiger partial charge is 0.461 e. The Bertz CT molecular complexity index is 1340. The number of nitrogens with one attached hydrogen (secondary N) is 2. The minimum atomic E-state index is -4.06. The number of benzene rings is 2. The van der Waals surface area contributed by atoms with Crippen molar-refractivity contribution in [1.29, 1.82) is 0 Å². The summed E-state index contributed by atoms with van der Waals surface area (Å²) in [6, 6.07) is 14.6. The molecule has 2 amide bonds. The second-order valence-corrected chi connectivity index (χ2v) is 10.1. The zero-order valence-corrected chi connectivity index (χ0v) is 22.3. The second-order valence-electron chi connectivity index (χ2n) is 7.63. The van der Waals surface area contributed by atoms with Crippen LogP contribution in [0.25, 0.3) is 17.8 Å². The Morgan fingerprint density at radius 1 is 1.06 bits per heavy atom. The van der Waals surface area contributed by atoms with Crippen LogP contribution in [0.4, 0.5) is 4.79 Å². The van der Waals surface area contributed by atoms with Gasteiger partial charge < -0.3 is 10.1 Å². The van der Waals surface area contributed by atoms with Crippen molar-refractivity contribution in [3.8, 4) is 5.69 Å². The number of sulfonamides is 1. The van der Waals surface area contributed by atoms with Crippen LogP contribution in [0.2, 0.25) is 0 Å². The molecule has 36 heavy (non-hydrogen) atoms. The van der Waals surface area contributed by atoms with Crippen molar-refractivity contribution in [2.75, 3.05) is 13.2 Å². The topological polar surface area (TPSA) is 119 Å². The number of carbonyl (C=O) groups is 2. The summed E-state index contributed by atoms with van der Waals surface area (Å²) in [4.78, 5) is 24.3. The number of carbonyl (C=O) groups excluding carboxylic acids is 2. The molecular weight excluding hydrogens is 548 g/mol. The number of ether oxygens (including phenoxy) is 1. The van der Waals surface area contributed by atoms with E-state index in [9.17, 15) is 18.0 Å². The van der Waals surface area contributed by atoms with E-state index in [1.165, 1.54) is 28.9 Å². The number of halogens is 1. The molecular formula is C25H27BrN4O5S. The van der Waals surface area contributed by atoms with Crippen molar-refractivity contribution in [1.82, 2.24) is 19.8 Å². The van der Waals surface area contributed by atoms with Gasteiger partial charge in [0.05, 0.1) is 27.4 Å². The molecule has 1 aromatic heterocycles. The van der Waals surface area contributed by atoms with E-state index in [2.05, 4.69) is 26.3 Å². The first-order valence-corrected chi connectivity index (χ1v) is 13.6. The molecule has 11 heteroatoms. The number of amides is 2. The van der Waals surface area contributed by atoms with Crippen LogP contribution in [0, 0.1) is 0 Å². The first-order chi connectivity index (χ1) is 17.3. The first kappa shape index (κ1) is 27.2. The van der Waals surface area contributed by atoms with Gasteiger partial charge in [-0.05, 0) is 65.2 Å². The third-order valence-electron chi connectivity index (χ3n) is 5.00. The lowest BCUT2D eigenvalue weighted by Crippen LogP contribution is -2.39. The fourth-order valence-electron chi connectivity index (χ4n) is 3.18. The lowest BCUT2D eigenvalue weighted by molar-refractivity contribution is 0.0518. The minimum absolute atomic E-state index is 0.0879. The molecule has 0 atom stereocenters. The second kappa shape index (κ2) is 12.5. The van der Waals surface area contributed by atoms with Gasteiger partial charge in [-0.1, -0.05) is 49.8 Å². The van der Waals surface area contributed by atoms with Crippen LogP contribution in [-0.4, -0.2) is 43.4 Å². The highest BCUT2D eigenvalue weighted by atomic mass is 79.9. The number of nitrogens with zero attached hydrogens (tertiary/aromatic N) is 2. The van der Waals surface area contributed by atoms with Crippen molar-refractivity contribution in [2.24, 2.45) is 0 Å². The average molecular weight is 575 g/mol. The predicted octanol–water partition coefficient (Wildman–Crippen LogP) is 4.77. The van der Waals surface area contributed by atoms with Gasteiger partial charge in [-0.3, -0.25) is 0 Å². The molecule has 0 radical (unpaired) electrons. The lowest BCUT2D eigenvalue weighted by atomic mass is 10.2. The van der Waals surface area contributed by atoms with Gasteiger partial charge in [0.15, 0.2) is 5.69 Å². The molecule has 0 aliphatic heterocycles. The molecule has 3 aromatic rings. The Hall–Kier alpha value is -3.44. The van der Waals surface area contributed by atoms with Crippen molar-refractivity contribution in [3.05, 3.63) is 76.0 Å². The SMILES string of the molecule is CCCCNC(=O)NS(=O)(=O)c1ccc(-n2nc(C(=O)OCC)c(Br)c2/C=C/c2ccccc2)cc1. The predicted molar refractivity (Wildman–Crippen MR) is 141 cm³/mol. The maximum Gasteiger partial charge on any atom is 0.360 e. The normalized spacial score (nSPS) is 11.4. The van der Waals surface area contributed by atoms with E-state index in [-0.39, 0.29) is 17.2 Å². The standard InChI is InChI=1S/C25H27BrN4O5S/c1-3-5-17-27-25(32)29-36(33,34)20-14-12-19(13-15-20)30-21(16-11-18-9-7-6-8-10-18)22(26)23(28-30)24(31)35-4-2/h6-16H,3-5,17H2,1-2H3,(H2,27,29,32)/b16-11+. The molecule has 0 saturated carbocycles. The summed E-state index contributed by atoms with van der Waals surface area (Å²) >= 11 is 3.46. The summed E-state index contributed by atoms with van der Waals surface area (Å²) in [5.41, 5.74) is 2.10. The van der Waals surface area contributed by atoms with Crippen LogP contribution in [0.5, 0.6) is 0 Å². The summed E-state index contributed by atoms with van der Waals surface area (Å²) in [6.07, 6.45) is 5.28. The molecule has 0 aliphatic carbocycles. The van der Waals surface area contributed by atoms with Crippen molar-refractivity contribution in [3.63, 3.8) is 0 Å². The average Bonchev–Trinajstić information content (AvgIpc) is 3.19. The van der Waals surface area contributed by atoms with Gasteiger partial charge in [0.1, 0.15) is 0 Å². The summed E-state index contributed by atoms with van der Waals surface area (Å²) < 4.78 is 34.3. The molecule has 0 fully saturated rings. The van der Waals surface area contributed by atoms with Crippen LogP contribution in [-0.2, 0) is 14.8 Å². The molecule has 2 aromatic carbocycles. The van der Waals surface area contributed by atoms with E-state index >= 15 is 0 Å². The first-order valence-electron chi connectivity index (χ1n) is 11.4. The van der Waals surface area contributed by atoms with Crippen molar-refractivity contribution in [2.45, 2.75) is 31.6 Å². The number of unbranched alkanes of at least 4 members (excludes halogenated alkanes) is 1. The Morgan fingerprint density at radius 2 is 1.75 bits per heavy atom. The van der Waals surface area contributed by atoms with Crippen LogP contribution >= 0.6 is 15.9 Å². The number of urea groups is 1. The zero-order valence-electron chi connectivity index (χ0n) is 19.9. The van der Waals surface area contributed by atoms with E-state index in [0.717, 1.165) is 18.4 Å². The molecule has 0 bridgehead atoms. The molecule has 190 valence electrons. The molecule has 1 heterocycles. The fourth-order valence-corrected chi connectivity index (χ4v) is 4.65. The van der Waals surface area contributed by atoms with Gasteiger partial charge in [-0.25, -0.2) is 27.4 Å². The quantitative estimate of drug-likeness (QED) is 0.266. The highest BCUT2D eigenvalue weighted by Crippen LogP contribution is 2.28. The molecule has 3 rings (SSSR count). The van der Waals surface area contributed by atoms with Gasteiger partial charge in [-0.15, -0.1) is 0 Å². The minimum Gasteiger partial charge on any atom is -0.461 e. The number of rotatable bonds is 10. The fraction of sp³-hybridized carbons (Fsp3) is 0.240. The molecule has 0 aliphatic rings. The molecule has 0 unspecified atom stereocenters. The monoisotopic (exact) mass is 574 g/mol. The summed E-state index contributed by atoms with van der Waals surface area (Å²) in [6.45, 7) is 4.25. The molecule has 0 saturated heterocycles. The maximum absolute atomic E-state index is 12.6. The molecule has 0 spiro atoms. The van der Waals surface area contributed by atoms with Gasteiger partial charge in [-0.2, -0.15) is 5.10 Å². The number of hydrogen-bond donors (Lipinski definition) is 2. The Morgan fingerprint density at radius 3 is 2.39 bits per heavy atom. The van der Waals surface area contributed by atoms with Crippen LogP contribution in [0.15, 0.2) is 64.0 Å². The Balaban J connectivity index is 1.93. The van der Waals surface area contributed by atoms with E-state index in [4.69, 9.17) is 4.74 Å². The number of esters is 1. The van der Waals surface area contributed by atoms with Gasteiger partial charge in [0.25, 0.3) is 10.0 Å². The molecule has 2 N–H and O–H groups in total. The maximum atomic E-state index is 12.6. The van der Waals surface area contributed by atoms with E-state index in [1.807, 2.05) is 48.1 Å². The number of aromatic nitrogens is 2. The van der Waals surface area contributed by atoms with Crippen LogP contribution in [0.3, 0.4) is 0 Å². The van der Waals surface area contributed by atoms with Crippen molar-refractivity contribution >= 4 is 50.1 Å². The van der Waals surface area contributed by atoms with Gasteiger partial charge >= 0.3 is 12.0 Å². The van der Waals surface area contributed by atoms with E-state index < -0.39 is 22.0 Å². The summed E-state index contributed by atoms with van der Waals surface area (Å²) in [7, 11) is -4.06.